The first kappa shape index (κ1) is 9.65. The summed E-state index contributed by atoms with van der Waals surface area (Å²) in [5.74, 6) is 1.80. The van der Waals surface area contributed by atoms with E-state index in [1.165, 1.54) is 12.8 Å². The van der Waals surface area contributed by atoms with Crippen LogP contribution in [0.1, 0.15) is 38.6 Å². The first-order valence-electron chi connectivity index (χ1n) is 5.38. The van der Waals surface area contributed by atoms with Crippen molar-refractivity contribution in [1.29, 1.82) is 0 Å². The van der Waals surface area contributed by atoms with E-state index in [2.05, 4.69) is 29.2 Å². The van der Waals surface area contributed by atoms with Gasteiger partial charge in [0, 0.05) is 6.54 Å². The quantitative estimate of drug-likeness (QED) is 0.790. The third-order valence-corrected chi connectivity index (χ3v) is 2.59. The summed E-state index contributed by atoms with van der Waals surface area (Å²) in [5.41, 5.74) is 0. The van der Waals surface area contributed by atoms with Gasteiger partial charge in [-0.3, -0.25) is 0 Å². The Morgan fingerprint density at radius 3 is 3.29 bits per heavy atom. The number of hydrogen-bond acceptors (Lipinski definition) is 3. The lowest BCUT2D eigenvalue weighted by atomic mass is 10.1. The highest BCUT2D eigenvalue weighted by molar-refractivity contribution is 4.97. The van der Waals surface area contributed by atoms with Gasteiger partial charge in [-0.05, 0) is 25.3 Å². The summed E-state index contributed by atoms with van der Waals surface area (Å²) in [6.07, 6.45) is 4.04. The molecule has 1 unspecified atom stereocenters. The van der Waals surface area contributed by atoms with Gasteiger partial charge in [0.2, 0.25) is 0 Å². The standard InChI is InChI=1S/C10H18N4/c1-8(2)6-11-9-4-3-5-14-10(9)12-7-13-14/h7-9,11H,3-6H2,1-2H3. The van der Waals surface area contributed by atoms with E-state index in [0.29, 0.717) is 12.0 Å². The zero-order valence-electron chi connectivity index (χ0n) is 8.90. The Balaban J connectivity index is 2.01. The van der Waals surface area contributed by atoms with Crippen molar-refractivity contribution in [1.82, 2.24) is 20.1 Å². The predicted octanol–water partition coefficient (Wildman–Crippen LogP) is 1.36. The number of hydrogen-bond donors (Lipinski definition) is 1. The van der Waals surface area contributed by atoms with Crippen molar-refractivity contribution >= 4 is 0 Å². The van der Waals surface area contributed by atoms with E-state index < -0.39 is 0 Å². The van der Waals surface area contributed by atoms with E-state index in [1.54, 1.807) is 6.33 Å². The van der Waals surface area contributed by atoms with Crippen molar-refractivity contribution in [3.05, 3.63) is 12.2 Å². The van der Waals surface area contributed by atoms with Crippen molar-refractivity contribution < 1.29 is 0 Å². The van der Waals surface area contributed by atoms with E-state index in [-0.39, 0.29) is 0 Å². The van der Waals surface area contributed by atoms with Crippen LogP contribution in [0.15, 0.2) is 6.33 Å². The Kier molecular flexibility index (Phi) is 2.82. The van der Waals surface area contributed by atoms with E-state index in [0.717, 1.165) is 18.9 Å². The number of fused-ring (bicyclic) bond motifs is 1. The molecule has 1 aliphatic rings. The van der Waals surface area contributed by atoms with Crippen LogP contribution >= 0.6 is 0 Å². The SMILES string of the molecule is CC(C)CNC1CCCn2ncnc21. The molecule has 1 aromatic heterocycles. The lowest BCUT2D eigenvalue weighted by molar-refractivity contribution is 0.354. The molecule has 0 amide bonds. The van der Waals surface area contributed by atoms with E-state index in [1.807, 2.05) is 4.68 Å². The van der Waals surface area contributed by atoms with Crippen LogP contribution in [0, 0.1) is 5.92 Å². The number of nitrogens with zero attached hydrogens (tertiary/aromatic N) is 3. The Hall–Kier alpha value is -0.900. The first-order chi connectivity index (χ1) is 6.77. The van der Waals surface area contributed by atoms with Crippen LogP contribution in [0.2, 0.25) is 0 Å². The summed E-state index contributed by atoms with van der Waals surface area (Å²) in [6, 6.07) is 0.411. The fourth-order valence-corrected chi connectivity index (χ4v) is 1.86. The van der Waals surface area contributed by atoms with Crippen LogP contribution in [0.3, 0.4) is 0 Å². The minimum absolute atomic E-state index is 0.411. The second kappa shape index (κ2) is 4.09. The molecule has 4 heteroatoms. The minimum Gasteiger partial charge on any atom is -0.307 e. The number of aryl methyl sites for hydroxylation is 1. The zero-order chi connectivity index (χ0) is 9.97. The van der Waals surface area contributed by atoms with Gasteiger partial charge in [-0.25, -0.2) is 9.67 Å². The molecule has 2 heterocycles. The van der Waals surface area contributed by atoms with Crippen LogP contribution in [-0.4, -0.2) is 21.3 Å². The van der Waals surface area contributed by atoms with Crippen LogP contribution in [0.4, 0.5) is 0 Å². The van der Waals surface area contributed by atoms with Crippen molar-refractivity contribution in [3.63, 3.8) is 0 Å². The number of rotatable bonds is 3. The maximum absolute atomic E-state index is 4.31. The average Bonchev–Trinajstić information content (AvgIpc) is 2.62. The number of nitrogens with one attached hydrogen (secondary N) is 1. The molecule has 0 spiro atoms. The molecule has 1 aromatic rings. The molecule has 14 heavy (non-hydrogen) atoms. The first-order valence-corrected chi connectivity index (χ1v) is 5.38. The molecule has 0 saturated carbocycles. The molecular formula is C10H18N4. The summed E-state index contributed by atoms with van der Waals surface area (Å²) < 4.78 is 2.02. The van der Waals surface area contributed by atoms with E-state index in [9.17, 15) is 0 Å². The van der Waals surface area contributed by atoms with Gasteiger partial charge in [0.05, 0.1) is 6.04 Å². The van der Waals surface area contributed by atoms with Gasteiger partial charge in [-0.1, -0.05) is 13.8 Å². The molecule has 0 saturated heterocycles. The Morgan fingerprint density at radius 1 is 1.64 bits per heavy atom. The summed E-state index contributed by atoms with van der Waals surface area (Å²) in [7, 11) is 0. The lowest BCUT2D eigenvalue weighted by Gasteiger charge is -2.23. The van der Waals surface area contributed by atoms with Gasteiger partial charge in [0.25, 0.3) is 0 Å². The monoisotopic (exact) mass is 194 g/mol. The topological polar surface area (TPSA) is 42.7 Å². The van der Waals surface area contributed by atoms with E-state index >= 15 is 0 Å². The van der Waals surface area contributed by atoms with Crippen molar-refractivity contribution in [2.24, 2.45) is 5.92 Å². The van der Waals surface area contributed by atoms with Crippen LogP contribution in [-0.2, 0) is 6.54 Å². The number of aromatic nitrogens is 3. The molecule has 0 aliphatic carbocycles. The molecule has 1 atom stereocenters. The van der Waals surface area contributed by atoms with Crippen LogP contribution in [0.25, 0.3) is 0 Å². The van der Waals surface area contributed by atoms with Gasteiger partial charge in [0.1, 0.15) is 12.2 Å². The maximum atomic E-state index is 4.31. The molecule has 4 nitrogen and oxygen atoms in total. The molecule has 0 bridgehead atoms. The average molecular weight is 194 g/mol. The molecule has 1 aliphatic heterocycles. The highest BCUT2D eigenvalue weighted by Crippen LogP contribution is 2.21. The maximum Gasteiger partial charge on any atom is 0.143 e. The summed E-state index contributed by atoms with van der Waals surface area (Å²) >= 11 is 0. The van der Waals surface area contributed by atoms with Crippen LogP contribution in [0.5, 0.6) is 0 Å². The molecule has 78 valence electrons. The van der Waals surface area contributed by atoms with Gasteiger partial charge in [-0.15, -0.1) is 0 Å². The second-order valence-electron chi connectivity index (χ2n) is 4.34. The molecule has 0 fully saturated rings. The van der Waals surface area contributed by atoms with Crippen LogP contribution < -0.4 is 5.32 Å². The molecule has 0 radical (unpaired) electrons. The third-order valence-electron chi connectivity index (χ3n) is 2.59. The third kappa shape index (κ3) is 1.95. The van der Waals surface area contributed by atoms with Crippen molar-refractivity contribution in [3.8, 4) is 0 Å². The van der Waals surface area contributed by atoms with Gasteiger partial charge >= 0.3 is 0 Å². The molecular weight excluding hydrogens is 176 g/mol. The fourth-order valence-electron chi connectivity index (χ4n) is 1.86. The zero-order valence-corrected chi connectivity index (χ0v) is 8.90. The molecule has 1 N–H and O–H groups in total. The Labute approximate surface area is 84.7 Å². The largest absolute Gasteiger partial charge is 0.307 e. The summed E-state index contributed by atoms with van der Waals surface area (Å²) in [6.45, 7) is 6.52. The summed E-state index contributed by atoms with van der Waals surface area (Å²) in [5, 5.41) is 7.74. The fraction of sp³-hybridized carbons (Fsp3) is 0.800. The smallest absolute Gasteiger partial charge is 0.143 e. The Morgan fingerprint density at radius 2 is 2.50 bits per heavy atom. The van der Waals surface area contributed by atoms with Gasteiger partial charge in [0.15, 0.2) is 0 Å². The van der Waals surface area contributed by atoms with Gasteiger partial charge in [-0.2, -0.15) is 5.10 Å². The lowest BCUT2D eigenvalue weighted by Crippen LogP contribution is -2.31. The molecule has 0 aromatic carbocycles. The molecule has 2 rings (SSSR count). The highest BCUT2D eigenvalue weighted by Gasteiger charge is 2.21. The van der Waals surface area contributed by atoms with Gasteiger partial charge < -0.3 is 5.32 Å². The highest BCUT2D eigenvalue weighted by atomic mass is 15.3. The Bertz CT molecular complexity index is 292. The second-order valence-corrected chi connectivity index (χ2v) is 4.34. The minimum atomic E-state index is 0.411. The van der Waals surface area contributed by atoms with E-state index in [4.69, 9.17) is 0 Å². The normalized spacial score (nSPS) is 21.2. The van der Waals surface area contributed by atoms with Crippen molar-refractivity contribution in [2.75, 3.05) is 6.54 Å². The predicted molar refractivity (Wildman–Crippen MR) is 54.8 cm³/mol. The van der Waals surface area contributed by atoms with Crippen molar-refractivity contribution in [2.45, 2.75) is 39.3 Å². The summed E-state index contributed by atoms with van der Waals surface area (Å²) in [4.78, 5) is 4.31.